The number of rotatable bonds is 5. The van der Waals surface area contributed by atoms with E-state index in [1.165, 1.54) is 12.1 Å². The minimum absolute atomic E-state index is 0. The van der Waals surface area contributed by atoms with Gasteiger partial charge < -0.3 is 15.2 Å². The largest absolute Gasteiger partial charge is 0.354 e. The van der Waals surface area contributed by atoms with Crippen molar-refractivity contribution in [1.29, 1.82) is 0 Å². The molecule has 26 heavy (non-hydrogen) atoms. The maximum Gasteiger partial charge on any atom is 0.192 e. The summed E-state index contributed by atoms with van der Waals surface area (Å²) in [4.78, 5) is 4.54. The molecule has 0 bridgehead atoms. The Morgan fingerprint density at radius 2 is 2.08 bits per heavy atom. The molecule has 1 aliphatic carbocycles. The van der Waals surface area contributed by atoms with E-state index in [4.69, 9.17) is 0 Å². The highest BCUT2D eigenvalue weighted by atomic mass is 127. The summed E-state index contributed by atoms with van der Waals surface area (Å²) < 4.78 is 28.9. The molecule has 2 N–H and O–H groups in total. The Kier molecular flexibility index (Phi) is 6.90. The van der Waals surface area contributed by atoms with E-state index in [1.807, 2.05) is 25.5 Å². The Balaban J connectivity index is 0.00000243. The van der Waals surface area contributed by atoms with Gasteiger partial charge in [0.2, 0.25) is 0 Å². The lowest BCUT2D eigenvalue weighted by molar-refractivity contribution is 0.550. The summed E-state index contributed by atoms with van der Waals surface area (Å²) in [7, 11) is 1.89. The summed E-state index contributed by atoms with van der Waals surface area (Å²) in [6, 6.07) is 3.62. The lowest BCUT2D eigenvalue weighted by Crippen LogP contribution is -2.40. The van der Waals surface area contributed by atoms with Crippen LogP contribution >= 0.6 is 24.0 Å². The van der Waals surface area contributed by atoms with Gasteiger partial charge in [-0.1, -0.05) is 6.07 Å². The highest BCUT2D eigenvalue weighted by Crippen LogP contribution is 2.20. The van der Waals surface area contributed by atoms with Gasteiger partial charge in [-0.2, -0.15) is 0 Å². The van der Waals surface area contributed by atoms with Gasteiger partial charge in [0.25, 0.3) is 0 Å². The van der Waals surface area contributed by atoms with Crippen molar-refractivity contribution in [2.75, 3.05) is 0 Å². The van der Waals surface area contributed by atoms with Gasteiger partial charge in [0.15, 0.2) is 11.8 Å². The summed E-state index contributed by atoms with van der Waals surface area (Å²) >= 11 is 0. The smallest absolute Gasteiger partial charge is 0.192 e. The number of guanidine groups is 1. The number of aryl methyl sites for hydroxylation is 1. The lowest BCUT2D eigenvalue weighted by atomic mass is 10.1. The number of aromatic nitrogens is 3. The van der Waals surface area contributed by atoms with Crippen LogP contribution in [0.2, 0.25) is 0 Å². The minimum Gasteiger partial charge on any atom is -0.354 e. The normalized spacial score (nSPS) is 15.3. The minimum atomic E-state index is -0.587. The van der Waals surface area contributed by atoms with Crippen molar-refractivity contribution in [1.82, 2.24) is 25.4 Å². The van der Waals surface area contributed by atoms with Crippen molar-refractivity contribution in [3.63, 3.8) is 0 Å². The number of nitrogens with zero attached hydrogens (tertiary/aromatic N) is 4. The number of benzene rings is 1. The first kappa shape index (κ1) is 20.5. The van der Waals surface area contributed by atoms with Crippen LogP contribution in [0.5, 0.6) is 0 Å². The zero-order valence-corrected chi connectivity index (χ0v) is 17.3. The number of hydrogen-bond donors (Lipinski definition) is 2. The molecule has 0 radical (unpaired) electrons. The molecule has 142 valence electrons. The fourth-order valence-corrected chi connectivity index (χ4v) is 2.43. The molecule has 1 unspecified atom stereocenters. The van der Waals surface area contributed by atoms with Gasteiger partial charge in [0.05, 0.1) is 6.04 Å². The van der Waals surface area contributed by atoms with Gasteiger partial charge in [0, 0.05) is 24.7 Å². The second-order valence-electron chi connectivity index (χ2n) is 6.34. The molecular formula is C17H23F2IN6. The number of aliphatic imine (C=N–C) groups is 1. The zero-order valence-electron chi connectivity index (χ0n) is 15.0. The summed E-state index contributed by atoms with van der Waals surface area (Å²) in [5, 5.41) is 14.6. The standard InChI is InChI=1S/C17H22F2N6.HI/c1-10(14-7-4-12(18)8-15(14)19)21-17(22-13-5-6-13)20-9-16-24-23-11(2)25(16)3;/h4,7-8,10,13H,5-6,9H2,1-3H3,(H2,20,21,22);1H. The van der Waals surface area contributed by atoms with Gasteiger partial charge in [-0.25, -0.2) is 13.8 Å². The molecule has 0 amide bonds. The highest BCUT2D eigenvalue weighted by Gasteiger charge is 2.23. The first-order valence-electron chi connectivity index (χ1n) is 8.31. The van der Waals surface area contributed by atoms with Crippen LogP contribution in [0.3, 0.4) is 0 Å². The van der Waals surface area contributed by atoms with Crippen LogP contribution in [0, 0.1) is 18.6 Å². The van der Waals surface area contributed by atoms with Crippen molar-refractivity contribution < 1.29 is 8.78 Å². The molecule has 9 heteroatoms. The molecule has 0 aliphatic heterocycles. The Hall–Kier alpha value is -1.78. The molecular weight excluding hydrogens is 453 g/mol. The molecule has 3 rings (SSSR count). The lowest BCUT2D eigenvalue weighted by Gasteiger charge is -2.19. The molecule has 1 atom stereocenters. The predicted molar refractivity (Wildman–Crippen MR) is 106 cm³/mol. The molecule has 2 aromatic rings. The van der Waals surface area contributed by atoms with Crippen molar-refractivity contribution in [2.24, 2.45) is 12.0 Å². The summed E-state index contributed by atoms with van der Waals surface area (Å²) in [6.07, 6.45) is 2.17. The highest BCUT2D eigenvalue weighted by molar-refractivity contribution is 14.0. The molecule has 1 saturated carbocycles. The number of hydrogen-bond acceptors (Lipinski definition) is 3. The van der Waals surface area contributed by atoms with Crippen molar-refractivity contribution in [3.05, 3.63) is 47.0 Å². The summed E-state index contributed by atoms with van der Waals surface area (Å²) in [6.45, 7) is 4.05. The average molecular weight is 476 g/mol. The maximum atomic E-state index is 14.0. The SMILES string of the molecule is Cc1nnc(CN=C(NC2CC2)NC(C)c2ccc(F)cc2F)n1C.I. The van der Waals surface area contributed by atoms with Crippen LogP contribution in [0.25, 0.3) is 0 Å². The van der Waals surface area contributed by atoms with Crippen LogP contribution in [0.4, 0.5) is 8.78 Å². The van der Waals surface area contributed by atoms with E-state index in [2.05, 4.69) is 25.8 Å². The van der Waals surface area contributed by atoms with Crippen molar-refractivity contribution in [3.8, 4) is 0 Å². The Labute approximate surface area is 168 Å². The van der Waals surface area contributed by atoms with E-state index in [0.717, 1.165) is 30.6 Å². The third kappa shape index (κ3) is 5.12. The fraction of sp³-hybridized carbons (Fsp3) is 0.471. The summed E-state index contributed by atoms with van der Waals surface area (Å²) in [5.41, 5.74) is 0.390. The topological polar surface area (TPSA) is 67.1 Å². The van der Waals surface area contributed by atoms with E-state index < -0.39 is 11.6 Å². The predicted octanol–water partition coefficient (Wildman–Crippen LogP) is 2.98. The van der Waals surface area contributed by atoms with Crippen LogP contribution in [-0.2, 0) is 13.6 Å². The second-order valence-corrected chi connectivity index (χ2v) is 6.34. The van der Waals surface area contributed by atoms with Crippen molar-refractivity contribution in [2.45, 2.75) is 45.3 Å². The Bertz CT molecular complexity index is 788. The van der Waals surface area contributed by atoms with Crippen LogP contribution in [-0.4, -0.2) is 26.8 Å². The average Bonchev–Trinajstić information content (AvgIpc) is 3.31. The first-order chi connectivity index (χ1) is 11.9. The second kappa shape index (κ2) is 8.74. The zero-order chi connectivity index (χ0) is 18.0. The maximum absolute atomic E-state index is 14.0. The molecule has 1 aliphatic rings. The van der Waals surface area contributed by atoms with E-state index in [1.54, 1.807) is 0 Å². The third-order valence-corrected chi connectivity index (χ3v) is 4.26. The molecule has 1 fully saturated rings. The van der Waals surface area contributed by atoms with E-state index in [0.29, 0.717) is 24.1 Å². The number of halogens is 3. The molecule has 1 heterocycles. The van der Waals surface area contributed by atoms with Gasteiger partial charge in [0.1, 0.15) is 24.0 Å². The molecule has 1 aromatic carbocycles. The van der Waals surface area contributed by atoms with E-state index in [-0.39, 0.29) is 30.0 Å². The Morgan fingerprint density at radius 1 is 1.35 bits per heavy atom. The quantitative estimate of drug-likeness (QED) is 0.396. The molecule has 0 spiro atoms. The van der Waals surface area contributed by atoms with Crippen LogP contribution in [0.15, 0.2) is 23.2 Å². The van der Waals surface area contributed by atoms with Gasteiger partial charge >= 0.3 is 0 Å². The van der Waals surface area contributed by atoms with Gasteiger partial charge in [-0.05, 0) is 32.8 Å². The van der Waals surface area contributed by atoms with Crippen molar-refractivity contribution >= 4 is 29.9 Å². The molecule has 6 nitrogen and oxygen atoms in total. The van der Waals surface area contributed by atoms with E-state index >= 15 is 0 Å². The third-order valence-electron chi connectivity index (χ3n) is 4.26. The first-order valence-corrected chi connectivity index (χ1v) is 8.31. The van der Waals surface area contributed by atoms with Crippen LogP contribution < -0.4 is 10.6 Å². The monoisotopic (exact) mass is 476 g/mol. The number of nitrogens with one attached hydrogen (secondary N) is 2. The molecule has 1 aromatic heterocycles. The molecule has 0 saturated heterocycles. The van der Waals surface area contributed by atoms with Crippen LogP contribution in [0.1, 0.15) is 43.0 Å². The Morgan fingerprint density at radius 3 is 2.65 bits per heavy atom. The fourth-order valence-electron chi connectivity index (χ4n) is 2.43. The van der Waals surface area contributed by atoms with Gasteiger partial charge in [-0.15, -0.1) is 34.2 Å². The summed E-state index contributed by atoms with van der Waals surface area (Å²) in [5.74, 6) is 0.983. The van der Waals surface area contributed by atoms with Gasteiger partial charge in [-0.3, -0.25) is 0 Å². The van der Waals surface area contributed by atoms with E-state index in [9.17, 15) is 8.78 Å².